The summed E-state index contributed by atoms with van der Waals surface area (Å²) < 4.78 is 21.2. The lowest BCUT2D eigenvalue weighted by molar-refractivity contribution is 0.196. The number of aryl methyl sites for hydroxylation is 1. The summed E-state index contributed by atoms with van der Waals surface area (Å²) in [5.74, 6) is -0.0514. The number of halogens is 1. The fourth-order valence-corrected chi connectivity index (χ4v) is 2.99. The van der Waals surface area contributed by atoms with Crippen LogP contribution in [0, 0.1) is 11.7 Å². The quantitative estimate of drug-likeness (QED) is 0.941. The molecule has 0 radical (unpaired) electrons. The zero-order valence-electron chi connectivity index (χ0n) is 12.6. The lowest BCUT2D eigenvalue weighted by Gasteiger charge is -2.26. The maximum Gasteiger partial charge on any atom is 0.250 e. The van der Waals surface area contributed by atoms with Crippen molar-refractivity contribution in [3.05, 3.63) is 34.5 Å². The summed E-state index contributed by atoms with van der Waals surface area (Å²) in [5.41, 5.74) is 6.63. The Morgan fingerprint density at radius 2 is 2.09 bits per heavy atom. The Morgan fingerprint density at radius 1 is 1.36 bits per heavy atom. The van der Waals surface area contributed by atoms with Gasteiger partial charge >= 0.3 is 0 Å². The molecule has 1 aliphatic rings. The summed E-state index contributed by atoms with van der Waals surface area (Å²) in [6, 6.07) is 3.28. The largest absolute Gasteiger partial charge is 0.488 e. The maximum atomic E-state index is 14.1. The average Bonchev–Trinajstić information content (AvgIpc) is 2.52. The van der Waals surface area contributed by atoms with Gasteiger partial charge in [0.15, 0.2) is 11.6 Å². The molecule has 0 aromatic carbocycles. The van der Waals surface area contributed by atoms with Crippen LogP contribution >= 0.6 is 0 Å². The number of ether oxygens (including phenoxy) is 1. The Kier molecular flexibility index (Phi) is 4.11. The maximum absolute atomic E-state index is 14.1. The first-order chi connectivity index (χ1) is 10.6. The van der Waals surface area contributed by atoms with Gasteiger partial charge in [0.2, 0.25) is 0 Å². The molecule has 0 saturated heterocycles. The lowest BCUT2D eigenvalue weighted by atomic mass is 9.87. The highest BCUT2D eigenvalue weighted by Crippen LogP contribution is 2.29. The highest BCUT2D eigenvalue weighted by atomic mass is 19.1. The van der Waals surface area contributed by atoms with Gasteiger partial charge in [0.05, 0.1) is 18.3 Å². The molecule has 2 aromatic heterocycles. The van der Waals surface area contributed by atoms with Crippen molar-refractivity contribution >= 4 is 11.0 Å². The average molecular weight is 305 g/mol. The molecule has 0 aliphatic heterocycles. The molecule has 1 saturated carbocycles. The highest BCUT2D eigenvalue weighted by molar-refractivity contribution is 5.81. The third-order valence-electron chi connectivity index (χ3n) is 4.40. The van der Waals surface area contributed by atoms with Crippen LogP contribution in [0.4, 0.5) is 4.39 Å². The molecule has 0 amide bonds. The minimum Gasteiger partial charge on any atom is -0.488 e. The second-order valence-corrected chi connectivity index (χ2v) is 5.99. The van der Waals surface area contributed by atoms with Gasteiger partial charge in [0, 0.05) is 19.2 Å². The Morgan fingerprint density at radius 3 is 2.82 bits per heavy atom. The normalized spacial score (nSPS) is 22.0. The van der Waals surface area contributed by atoms with E-state index in [1.54, 1.807) is 13.1 Å². The third kappa shape index (κ3) is 2.83. The summed E-state index contributed by atoms with van der Waals surface area (Å²) >= 11 is 0. The molecule has 0 spiro atoms. The molecule has 22 heavy (non-hydrogen) atoms. The SMILES string of the molecule is Cn1c(=O)ccc2ncc(F)c(OC[C@H]3CC[C@H](N)CC3)c21. The van der Waals surface area contributed by atoms with Gasteiger partial charge in [-0.05, 0) is 37.7 Å². The Balaban J connectivity index is 1.88. The van der Waals surface area contributed by atoms with Gasteiger partial charge in [-0.1, -0.05) is 0 Å². The van der Waals surface area contributed by atoms with Crippen molar-refractivity contribution in [2.75, 3.05) is 6.61 Å². The van der Waals surface area contributed by atoms with Crippen LogP contribution in [-0.2, 0) is 7.05 Å². The van der Waals surface area contributed by atoms with E-state index < -0.39 is 5.82 Å². The number of pyridine rings is 2. The Hall–Kier alpha value is -1.95. The van der Waals surface area contributed by atoms with Gasteiger partial charge in [0.25, 0.3) is 5.56 Å². The zero-order chi connectivity index (χ0) is 15.7. The number of aromatic nitrogens is 2. The molecular formula is C16H20FN3O2. The van der Waals surface area contributed by atoms with E-state index in [-0.39, 0.29) is 17.4 Å². The predicted octanol–water partition coefficient (Wildman–Crippen LogP) is 1.97. The van der Waals surface area contributed by atoms with Gasteiger partial charge in [-0.3, -0.25) is 9.78 Å². The van der Waals surface area contributed by atoms with Gasteiger partial charge in [0.1, 0.15) is 5.52 Å². The van der Waals surface area contributed by atoms with Crippen LogP contribution in [0.3, 0.4) is 0 Å². The first-order valence-corrected chi connectivity index (χ1v) is 7.59. The van der Waals surface area contributed by atoms with Crippen LogP contribution < -0.4 is 16.0 Å². The van der Waals surface area contributed by atoms with E-state index in [1.807, 2.05) is 0 Å². The second-order valence-electron chi connectivity index (χ2n) is 5.99. The van der Waals surface area contributed by atoms with E-state index in [2.05, 4.69) is 4.98 Å². The van der Waals surface area contributed by atoms with E-state index in [0.717, 1.165) is 31.9 Å². The first-order valence-electron chi connectivity index (χ1n) is 7.59. The number of nitrogens with zero attached hydrogens (tertiary/aromatic N) is 2. The van der Waals surface area contributed by atoms with Gasteiger partial charge in [-0.15, -0.1) is 0 Å². The Labute approximate surface area is 127 Å². The van der Waals surface area contributed by atoms with Crippen LogP contribution in [0.2, 0.25) is 0 Å². The standard InChI is InChI=1S/C16H20FN3O2/c1-20-14(21)7-6-13-15(20)16(12(17)8-19-13)22-9-10-2-4-11(18)5-3-10/h6-8,10-11H,2-5,9,18H2,1H3/t10-,11-. The molecule has 5 nitrogen and oxygen atoms in total. The fraction of sp³-hybridized carbons (Fsp3) is 0.500. The number of hydrogen-bond donors (Lipinski definition) is 1. The fourth-order valence-electron chi connectivity index (χ4n) is 2.99. The molecule has 0 bridgehead atoms. The van der Waals surface area contributed by atoms with E-state index in [1.165, 1.54) is 10.6 Å². The van der Waals surface area contributed by atoms with E-state index in [0.29, 0.717) is 23.6 Å². The molecule has 0 unspecified atom stereocenters. The summed E-state index contributed by atoms with van der Waals surface area (Å²) in [7, 11) is 1.60. The highest BCUT2D eigenvalue weighted by Gasteiger charge is 2.21. The molecular weight excluding hydrogens is 285 g/mol. The van der Waals surface area contributed by atoms with Crippen molar-refractivity contribution in [2.24, 2.45) is 18.7 Å². The van der Waals surface area contributed by atoms with Crippen LogP contribution in [0.5, 0.6) is 5.75 Å². The molecule has 1 fully saturated rings. The second kappa shape index (κ2) is 6.04. The van der Waals surface area contributed by atoms with Crippen molar-refractivity contribution < 1.29 is 9.13 Å². The summed E-state index contributed by atoms with van der Waals surface area (Å²) in [4.78, 5) is 15.8. The van der Waals surface area contributed by atoms with Crippen molar-refractivity contribution in [1.82, 2.24) is 9.55 Å². The van der Waals surface area contributed by atoms with Gasteiger partial charge < -0.3 is 15.0 Å². The monoisotopic (exact) mass is 305 g/mol. The van der Waals surface area contributed by atoms with Crippen molar-refractivity contribution in [1.29, 1.82) is 0 Å². The number of fused-ring (bicyclic) bond motifs is 1. The van der Waals surface area contributed by atoms with Crippen LogP contribution in [0.25, 0.3) is 11.0 Å². The van der Waals surface area contributed by atoms with Crippen molar-refractivity contribution in [2.45, 2.75) is 31.7 Å². The van der Waals surface area contributed by atoms with Crippen molar-refractivity contribution in [3.63, 3.8) is 0 Å². The smallest absolute Gasteiger partial charge is 0.250 e. The number of hydrogen-bond acceptors (Lipinski definition) is 4. The number of rotatable bonds is 3. The summed E-state index contributed by atoms with van der Waals surface area (Å²) in [6.45, 7) is 0.436. The van der Waals surface area contributed by atoms with E-state index in [9.17, 15) is 9.18 Å². The molecule has 2 N–H and O–H groups in total. The number of nitrogens with two attached hydrogens (primary N) is 1. The summed E-state index contributed by atoms with van der Waals surface area (Å²) in [5, 5.41) is 0. The van der Waals surface area contributed by atoms with Crippen LogP contribution in [-0.4, -0.2) is 22.2 Å². The minimum absolute atomic E-state index is 0.111. The van der Waals surface area contributed by atoms with E-state index >= 15 is 0 Å². The Bertz CT molecular complexity index is 736. The minimum atomic E-state index is -0.541. The lowest BCUT2D eigenvalue weighted by Crippen LogP contribution is -2.29. The molecule has 0 atom stereocenters. The van der Waals surface area contributed by atoms with Crippen LogP contribution in [0.15, 0.2) is 23.1 Å². The van der Waals surface area contributed by atoms with Gasteiger partial charge in [-0.2, -0.15) is 0 Å². The third-order valence-corrected chi connectivity index (χ3v) is 4.40. The topological polar surface area (TPSA) is 70.1 Å². The zero-order valence-corrected chi connectivity index (χ0v) is 12.6. The predicted molar refractivity (Wildman–Crippen MR) is 82.4 cm³/mol. The van der Waals surface area contributed by atoms with Gasteiger partial charge in [-0.25, -0.2) is 4.39 Å². The first kappa shape index (κ1) is 15.0. The molecule has 1 aliphatic carbocycles. The van der Waals surface area contributed by atoms with E-state index in [4.69, 9.17) is 10.5 Å². The molecule has 2 heterocycles. The molecule has 6 heteroatoms. The molecule has 118 valence electrons. The molecule has 2 aromatic rings. The molecule has 3 rings (SSSR count). The van der Waals surface area contributed by atoms with Crippen LogP contribution in [0.1, 0.15) is 25.7 Å². The van der Waals surface area contributed by atoms with Crippen molar-refractivity contribution in [3.8, 4) is 5.75 Å². The summed E-state index contributed by atoms with van der Waals surface area (Å²) in [6.07, 6.45) is 5.08.